The minimum Gasteiger partial charge on any atom is -0.475 e. The monoisotopic (exact) mass is 658 g/mol. The highest BCUT2D eigenvalue weighted by Gasteiger charge is 2.64. The molecule has 0 saturated heterocycles. The van der Waals surface area contributed by atoms with E-state index in [1.807, 2.05) is 45.9 Å². The summed E-state index contributed by atoms with van der Waals surface area (Å²) < 4.78 is 84.7. The maximum Gasteiger partial charge on any atom is 0.394 e. The number of ether oxygens (including phenoxy) is 2. The molecule has 2 aromatic carbocycles. The van der Waals surface area contributed by atoms with Gasteiger partial charge in [0.15, 0.2) is 0 Å². The van der Waals surface area contributed by atoms with Crippen molar-refractivity contribution in [2.75, 3.05) is 11.3 Å². The van der Waals surface area contributed by atoms with Gasteiger partial charge in [0.1, 0.15) is 6.61 Å². The third-order valence-corrected chi connectivity index (χ3v) is 10.4. The molecule has 1 aromatic heterocycles. The molecule has 0 spiro atoms. The van der Waals surface area contributed by atoms with Gasteiger partial charge in [0, 0.05) is 23.2 Å². The summed E-state index contributed by atoms with van der Waals surface area (Å²) in [5.41, 5.74) is 0.993. The lowest BCUT2D eigenvalue weighted by Crippen LogP contribution is -2.57. The van der Waals surface area contributed by atoms with E-state index >= 15 is 0 Å². The Morgan fingerprint density at radius 3 is 2.37 bits per heavy atom. The van der Waals surface area contributed by atoms with Gasteiger partial charge in [-0.25, -0.2) is 18.1 Å². The average molecular weight is 659 g/mol. The van der Waals surface area contributed by atoms with E-state index in [1.165, 1.54) is 29.2 Å². The van der Waals surface area contributed by atoms with Crippen LogP contribution in [-0.4, -0.2) is 66.3 Å². The van der Waals surface area contributed by atoms with Crippen molar-refractivity contribution in [2.24, 2.45) is 5.41 Å². The zero-order chi connectivity index (χ0) is 33.0. The van der Waals surface area contributed by atoms with Crippen molar-refractivity contribution in [3.63, 3.8) is 0 Å². The molecule has 1 atom stereocenters. The molecule has 246 valence electrons. The Kier molecular flexibility index (Phi) is 8.29. The van der Waals surface area contributed by atoms with Crippen LogP contribution in [0.4, 0.5) is 19.1 Å². The van der Waals surface area contributed by atoms with Crippen molar-refractivity contribution in [1.82, 2.24) is 14.9 Å². The number of nitrogens with one attached hydrogen (secondary N) is 1. The Labute approximate surface area is 266 Å². The first-order chi connectivity index (χ1) is 21.7. The summed E-state index contributed by atoms with van der Waals surface area (Å²) in [5, 5.41) is 0. The Morgan fingerprint density at radius 1 is 1.07 bits per heavy atom. The molecule has 46 heavy (non-hydrogen) atoms. The predicted octanol–water partition coefficient (Wildman–Crippen LogP) is 6.45. The highest BCUT2D eigenvalue weighted by atomic mass is 32.2. The molecule has 1 amide bonds. The van der Waals surface area contributed by atoms with Crippen LogP contribution >= 0.6 is 0 Å². The van der Waals surface area contributed by atoms with E-state index in [9.17, 15) is 26.4 Å². The topological polar surface area (TPSA) is 111 Å². The number of aryl methyl sites for hydroxylation is 2. The second-order valence-electron chi connectivity index (χ2n) is 12.9. The van der Waals surface area contributed by atoms with Gasteiger partial charge < -0.3 is 14.4 Å². The number of fused-ring (bicyclic) bond motifs is 4. The fourth-order valence-electron chi connectivity index (χ4n) is 6.53. The molecule has 2 saturated carbocycles. The number of halogens is 3. The first-order valence-electron chi connectivity index (χ1n) is 15.4. The van der Waals surface area contributed by atoms with Gasteiger partial charge in [-0.1, -0.05) is 24.3 Å². The molecule has 3 aliphatic rings. The Morgan fingerprint density at radius 2 is 1.74 bits per heavy atom. The van der Waals surface area contributed by atoms with Gasteiger partial charge in [-0.2, -0.15) is 18.2 Å². The van der Waals surface area contributed by atoms with Crippen LogP contribution in [0.1, 0.15) is 67.4 Å². The molecule has 6 rings (SSSR count). The van der Waals surface area contributed by atoms with E-state index in [2.05, 4.69) is 14.7 Å². The number of alkyl halides is 3. The first kappa shape index (κ1) is 32.2. The number of carbonyl (C=O) groups is 1. The van der Waals surface area contributed by atoms with Gasteiger partial charge in [0.05, 0.1) is 34.3 Å². The Bertz CT molecular complexity index is 1730. The predicted molar refractivity (Wildman–Crippen MR) is 165 cm³/mol. The van der Waals surface area contributed by atoms with Gasteiger partial charge in [0.25, 0.3) is 15.9 Å². The van der Waals surface area contributed by atoms with Crippen molar-refractivity contribution in [1.29, 1.82) is 0 Å². The van der Waals surface area contributed by atoms with Crippen molar-refractivity contribution < 1.29 is 35.9 Å². The van der Waals surface area contributed by atoms with Crippen molar-refractivity contribution >= 4 is 21.9 Å². The summed E-state index contributed by atoms with van der Waals surface area (Å²) in [6.45, 7) is 7.30. The summed E-state index contributed by atoms with van der Waals surface area (Å²) >= 11 is 0. The number of aromatic nitrogens is 2. The van der Waals surface area contributed by atoms with Crippen LogP contribution in [0.5, 0.6) is 5.88 Å². The second kappa shape index (κ2) is 11.8. The number of hydrogen-bond donors (Lipinski definition) is 1. The number of nitrogens with zero attached hydrogens (tertiary/aromatic N) is 3. The normalized spacial score (nSPS) is 23.7. The lowest BCUT2D eigenvalue weighted by atomic mass is 9.84. The summed E-state index contributed by atoms with van der Waals surface area (Å²) in [5.74, 6) is -0.855. The van der Waals surface area contributed by atoms with E-state index in [0.717, 1.165) is 16.7 Å². The van der Waals surface area contributed by atoms with Crippen LogP contribution in [0.15, 0.2) is 53.4 Å². The van der Waals surface area contributed by atoms with Crippen molar-refractivity contribution in [2.45, 2.75) is 95.2 Å². The zero-order valence-corrected chi connectivity index (χ0v) is 26.9. The molecule has 1 aliphatic heterocycles. The largest absolute Gasteiger partial charge is 0.475 e. The fourth-order valence-corrected chi connectivity index (χ4v) is 7.52. The number of anilines is 1. The molecular formula is C33H37F3N4O5S. The maximum absolute atomic E-state index is 14.4. The van der Waals surface area contributed by atoms with E-state index in [-0.39, 0.29) is 60.4 Å². The molecule has 9 nitrogen and oxygen atoms in total. The summed E-state index contributed by atoms with van der Waals surface area (Å²) in [6.07, 6.45) is -4.21. The minimum atomic E-state index is -4.46. The molecule has 2 aliphatic carbocycles. The maximum atomic E-state index is 14.4. The number of rotatable bonds is 6. The van der Waals surface area contributed by atoms with E-state index in [4.69, 9.17) is 9.47 Å². The quantitative estimate of drug-likeness (QED) is 0.324. The molecule has 2 heterocycles. The van der Waals surface area contributed by atoms with Crippen LogP contribution in [0.3, 0.4) is 0 Å². The summed E-state index contributed by atoms with van der Waals surface area (Å²) in [4.78, 5) is 24.3. The lowest BCUT2D eigenvalue weighted by Gasteiger charge is -2.47. The SMILES string of the molecule is Cc1cccc(C)c1-c1cc2nc(n1)NS(=O)(=O)c1cccc(c1)C(=O)N([C@H]1C[C@@H](OC(C)C)C1)[C@H](CC1(C(F)(F)F)CC1)CO2. The van der Waals surface area contributed by atoms with Gasteiger partial charge in [-0.05, 0) is 89.1 Å². The van der Waals surface area contributed by atoms with Crippen molar-refractivity contribution in [3.8, 4) is 17.1 Å². The van der Waals surface area contributed by atoms with Crippen LogP contribution in [0.2, 0.25) is 0 Å². The molecule has 0 unspecified atom stereocenters. The molecule has 1 N–H and O–H groups in total. The number of benzene rings is 2. The minimum absolute atomic E-state index is 0.0276. The van der Waals surface area contributed by atoms with E-state index in [0.29, 0.717) is 18.5 Å². The Balaban J connectivity index is 1.48. The molecule has 2 fully saturated rings. The second-order valence-corrected chi connectivity index (χ2v) is 14.6. The number of hydrogen-bond acceptors (Lipinski definition) is 7. The molecular weight excluding hydrogens is 621 g/mol. The fraction of sp³-hybridized carbons (Fsp3) is 0.485. The molecule has 4 bridgehead atoms. The molecule has 3 aromatic rings. The van der Waals surface area contributed by atoms with E-state index < -0.39 is 39.6 Å². The van der Waals surface area contributed by atoms with Crippen LogP contribution < -0.4 is 9.46 Å². The van der Waals surface area contributed by atoms with E-state index in [1.54, 1.807) is 6.07 Å². The highest BCUT2D eigenvalue weighted by molar-refractivity contribution is 7.92. The molecule has 13 heteroatoms. The number of amides is 1. The third-order valence-electron chi connectivity index (χ3n) is 9.12. The van der Waals surface area contributed by atoms with Gasteiger partial charge in [-0.15, -0.1) is 0 Å². The zero-order valence-electron chi connectivity index (χ0n) is 26.1. The van der Waals surface area contributed by atoms with Crippen LogP contribution in [0, 0.1) is 19.3 Å². The summed E-state index contributed by atoms with van der Waals surface area (Å²) in [7, 11) is -4.27. The number of sulfonamides is 1. The van der Waals surface area contributed by atoms with Crippen molar-refractivity contribution in [3.05, 3.63) is 65.2 Å². The Hall–Kier alpha value is -3.71. The average Bonchev–Trinajstić information content (AvgIpc) is 3.74. The first-order valence-corrected chi connectivity index (χ1v) is 16.9. The van der Waals surface area contributed by atoms with Crippen LogP contribution in [-0.2, 0) is 14.8 Å². The summed E-state index contributed by atoms with van der Waals surface area (Å²) in [6, 6.07) is 11.3. The van der Waals surface area contributed by atoms with Crippen LogP contribution in [0.25, 0.3) is 11.3 Å². The van der Waals surface area contributed by atoms with Gasteiger partial charge >= 0.3 is 6.18 Å². The smallest absolute Gasteiger partial charge is 0.394 e. The third kappa shape index (κ3) is 6.31. The highest BCUT2D eigenvalue weighted by Crippen LogP contribution is 2.61. The standard InChI is InChI=1S/C33H37F3N4O5S/c1-19(2)45-25-14-23(15-25)40-24(17-32(11-12-32)33(34,35)36)18-44-28-16-27(29-20(3)7-5-8-21(29)4)37-31(38-28)39-46(42,43)26-10-6-9-22(13-26)30(40)41/h5-10,13,16,19,23-25H,11-12,14-15,17-18H2,1-4H3,(H,37,38,39)/t23-,24-,25+/m1/s1. The van der Waals surface area contributed by atoms with Gasteiger partial charge in [-0.3, -0.25) is 4.79 Å². The number of carbonyl (C=O) groups excluding carboxylic acids is 1. The lowest BCUT2D eigenvalue weighted by molar-refractivity contribution is -0.194. The molecule has 0 radical (unpaired) electrons. The van der Waals surface area contributed by atoms with Gasteiger partial charge in [0.2, 0.25) is 11.8 Å².